The summed E-state index contributed by atoms with van der Waals surface area (Å²) in [7, 11) is 0. The molecule has 0 radical (unpaired) electrons. The van der Waals surface area contributed by atoms with Gasteiger partial charge in [0.15, 0.2) is 0 Å². The lowest BCUT2D eigenvalue weighted by Crippen LogP contribution is -2.10. The highest BCUT2D eigenvalue weighted by molar-refractivity contribution is 5.85. The van der Waals surface area contributed by atoms with Crippen LogP contribution in [0.15, 0.2) is 24.3 Å². The number of rotatable bonds is 2. The Morgan fingerprint density at radius 2 is 2.13 bits per heavy atom. The highest BCUT2D eigenvalue weighted by Gasteiger charge is 2.09. The number of fused-ring (bicyclic) bond motifs is 1. The average Bonchev–Trinajstić information content (AvgIpc) is 2.43. The number of hydrogen-bond donors (Lipinski definition) is 1. The molecule has 0 aliphatic rings. The highest BCUT2D eigenvalue weighted by Crippen LogP contribution is 2.22. The molecule has 0 saturated carbocycles. The fourth-order valence-corrected chi connectivity index (χ4v) is 1.99. The normalized spacial score (nSPS) is 10.8. The van der Waals surface area contributed by atoms with E-state index in [1.54, 1.807) is 0 Å². The first-order valence-electron chi connectivity index (χ1n) is 4.87. The molecule has 0 bridgehead atoms. The van der Waals surface area contributed by atoms with Gasteiger partial charge in [-0.1, -0.05) is 18.2 Å². The number of carboxylic acid groups (broad SMARTS) is 1. The van der Waals surface area contributed by atoms with Crippen LogP contribution in [0, 0.1) is 13.8 Å². The number of aliphatic carboxylic acids is 1. The summed E-state index contributed by atoms with van der Waals surface area (Å²) in [6.07, 6.45) is 0. The minimum atomic E-state index is -0.807. The molecule has 2 rings (SSSR count). The molecule has 0 aliphatic heterocycles. The monoisotopic (exact) mass is 203 g/mol. The van der Waals surface area contributed by atoms with Gasteiger partial charge >= 0.3 is 5.97 Å². The van der Waals surface area contributed by atoms with Gasteiger partial charge in [0.1, 0.15) is 6.54 Å². The minimum absolute atomic E-state index is 0.0280. The lowest BCUT2D eigenvalue weighted by molar-refractivity contribution is -0.137. The van der Waals surface area contributed by atoms with E-state index < -0.39 is 5.97 Å². The molecule has 2 aromatic rings. The van der Waals surface area contributed by atoms with Crippen LogP contribution in [0.4, 0.5) is 0 Å². The smallest absolute Gasteiger partial charge is 0.323 e. The van der Waals surface area contributed by atoms with Crippen molar-refractivity contribution in [3.8, 4) is 0 Å². The topological polar surface area (TPSA) is 42.2 Å². The predicted octanol–water partition coefficient (Wildman–Crippen LogP) is 2.34. The summed E-state index contributed by atoms with van der Waals surface area (Å²) in [5.74, 6) is -0.807. The van der Waals surface area contributed by atoms with Crippen molar-refractivity contribution in [2.24, 2.45) is 0 Å². The second-order valence-electron chi connectivity index (χ2n) is 3.78. The van der Waals surface area contributed by atoms with Crippen molar-refractivity contribution >= 4 is 16.9 Å². The van der Waals surface area contributed by atoms with E-state index in [1.165, 1.54) is 0 Å². The van der Waals surface area contributed by atoms with E-state index in [9.17, 15) is 4.79 Å². The molecule has 0 saturated heterocycles. The van der Waals surface area contributed by atoms with Crippen molar-refractivity contribution in [2.45, 2.75) is 20.4 Å². The highest BCUT2D eigenvalue weighted by atomic mass is 16.4. The minimum Gasteiger partial charge on any atom is -0.480 e. The summed E-state index contributed by atoms with van der Waals surface area (Å²) in [6.45, 7) is 3.96. The Bertz CT molecular complexity index is 526. The van der Waals surface area contributed by atoms with Crippen molar-refractivity contribution in [1.29, 1.82) is 0 Å². The molecule has 1 aromatic heterocycles. The Balaban J connectivity index is 2.71. The van der Waals surface area contributed by atoms with Gasteiger partial charge in [0.05, 0.1) is 5.52 Å². The van der Waals surface area contributed by atoms with Crippen LogP contribution in [0.3, 0.4) is 0 Å². The maximum Gasteiger partial charge on any atom is 0.323 e. The number of aryl methyl sites for hydroxylation is 2. The average molecular weight is 203 g/mol. The van der Waals surface area contributed by atoms with Gasteiger partial charge in [-0.15, -0.1) is 0 Å². The third-order valence-corrected chi connectivity index (χ3v) is 2.62. The van der Waals surface area contributed by atoms with Crippen LogP contribution in [0.2, 0.25) is 0 Å². The summed E-state index contributed by atoms with van der Waals surface area (Å²) in [6, 6.07) is 8.02. The Hall–Kier alpha value is -1.77. The first-order valence-corrected chi connectivity index (χ1v) is 4.87. The second-order valence-corrected chi connectivity index (χ2v) is 3.78. The van der Waals surface area contributed by atoms with E-state index in [-0.39, 0.29) is 6.54 Å². The second kappa shape index (κ2) is 3.42. The zero-order valence-electron chi connectivity index (χ0n) is 8.82. The molecule has 0 unspecified atom stereocenters. The van der Waals surface area contributed by atoms with E-state index in [0.717, 1.165) is 22.2 Å². The van der Waals surface area contributed by atoms with Gasteiger partial charge in [-0.2, -0.15) is 0 Å². The van der Waals surface area contributed by atoms with Crippen molar-refractivity contribution in [3.05, 3.63) is 35.5 Å². The summed E-state index contributed by atoms with van der Waals surface area (Å²) >= 11 is 0. The van der Waals surface area contributed by atoms with E-state index in [2.05, 4.69) is 0 Å². The first-order chi connectivity index (χ1) is 7.09. The number of carboxylic acids is 1. The van der Waals surface area contributed by atoms with Gasteiger partial charge in [-0.25, -0.2) is 0 Å². The standard InChI is InChI=1S/C12H13NO2/c1-8-4-3-5-10-6-9(2)13(12(8)10)7-11(14)15/h3-6H,7H2,1-2H3,(H,14,15). The summed E-state index contributed by atoms with van der Waals surface area (Å²) in [5.41, 5.74) is 3.13. The van der Waals surface area contributed by atoms with Gasteiger partial charge in [-0.3, -0.25) is 4.79 Å². The van der Waals surface area contributed by atoms with Crippen molar-refractivity contribution in [3.63, 3.8) is 0 Å². The number of nitrogens with zero attached hydrogens (tertiary/aromatic N) is 1. The predicted molar refractivity (Wildman–Crippen MR) is 59.0 cm³/mol. The molecule has 1 N–H and O–H groups in total. The molecule has 0 spiro atoms. The largest absolute Gasteiger partial charge is 0.480 e. The quantitative estimate of drug-likeness (QED) is 0.814. The molecule has 0 atom stereocenters. The molecule has 15 heavy (non-hydrogen) atoms. The molecule has 0 amide bonds. The van der Waals surface area contributed by atoms with Gasteiger partial charge in [0.2, 0.25) is 0 Å². The fourth-order valence-electron chi connectivity index (χ4n) is 1.99. The molecule has 78 valence electrons. The summed E-state index contributed by atoms with van der Waals surface area (Å²) < 4.78 is 1.84. The van der Waals surface area contributed by atoms with Gasteiger partial charge in [-0.05, 0) is 25.5 Å². The number of benzene rings is 1. The fraction of sp³-hybridized carbons (Fsp3) is 0.250. The number of hydrogen-bond acceptors (Lipinski definition) is 1. The van der Waals surface area contributed by atoms with Gasteiger partial charge < -0.3 is 9.67 Å². The van der Waals surface area contributed by atoms with Crippen LogP contribution in [0.5, 0.6) is 0 Å². The number of para-hydroxylation sites is 1. The molecular weight excluding hydrogens is 190 g/mol. The zero-order chi connectivity index (χ0) is 11.0. The molecule has 1 aromatic carbocycles. The van der Waals surface area contributed by atoms with E-state index in [0.29, 0.717) is 0 Å². The number of carbonyl (C=O) groups is 1. The molecular formula is C12H13NO2. The van der Waals surface area contributed by atoms with Crippen molar-refractivity contribution < 1.29 is 9.90 Å². The molecule has 3 heteroatoms. The van der Waals surface area contributed by atoms with E-state index in [4.69, 9.17) is 5.11 Å². The Morgan fingerprint density at radius 3 is 2.80 bits per heavy atom. The first kappa shape index (κ1) is 9.77. The van der Waals surface area contributed by atoms with Crippen LogP contribution in [-0.4, -0.2) is 15.6 Å². The van der Waals surface area contributed by atoms with E-state index in [1.807, 2.05) is 42.7 Å². The van der Waals surface area contributed by atoms with Gasteiger partial charge in [0.25, 0.3) is 0 Å². The number of aromatic nitrogens is 1. The maximum atomic E-state index is 10.8. The van der Waals surface area contributed by atoms with Crippen LogP contribution in [0.1, 0.15) is 11.3 Å². The third kappa shape index (κ3) is 1.61. The summed E-state index contributed by atoms with van der Waals surface area (Å²) in [5, 5.41) is 9.94. The van der Waals surface area contributed by atoms with Crippen LogP contribution in [-0.2, 0) is 11.3 Å². The lowest BCUT2D eigenvalue weighted by Gasteiger charge is -2.06. The third-order valence-electron chi connectivity index (χ3n) is 2.62. The van der Waals surface area contributed by atoms with E-state index >= 15 is 0 Å². The SMILES string of the molecule is Cc1cccc2cc(C)n(CC(=O)O)c12. The Morgan fingerprint density at radius 1 is 1.40 bits per heavy atom. The van der Waals surface area contributed by atoms with Crippen LogP contribution in [0.25, 0.3) is 10.9 Å². The Labute approximate surface area is 87.9 Å². The summed E-state index contributed by atoms with van der Waals surface area (Å²) in [4.78, 5) is 10.8. The zero-order valence-corrected chi connectivity index (χ0v) is 8.82. The lowest BCUT2D eigenvalue weighted by atomic mass is 10.2. The van der Waals surface area contributed by atoms with Gasteiger partial charge in [0, 0.05) is 11.1 Å². The molecule has 1 heterocycles. The van der Waals surface area contributed by atoms with Crippen LogP contribution < -0.4 is 0 Å². The maximum absolute atomic E-state index is 10.8. The molecule has 0 aliphatic carbocycles. The van der Waals surface area contributed by atoms with Crippen molar-refractivity contribution in [2.75, 3.05) is 0 Å². The van der Waals surface area contributed by atoms with Crippen LogP contribution >= 0.6 is 0 Å². The molecule has 0 fully saturated rings. The Kier molecular flexibility index (Phi) is 2.23. The molecule has 3 nitrogen and oxygen atoms in total. The van der Waals surface area contributed by atoms with Crippen molar-refractivity contribution in [1.82, 2.24) is 4.57 Å².